The number of benzene rings is 2. The monoisotopic (exact) mass is 367 g/mol. The molecule has 0 aliphatic rings. The van der Waals surface area contributed by atoms with Crippen LogP contribution in [0.5, 0.6) is 0 Å². The van der Waals surface area contributed by atoms with Crippen molar-refractivity contribution < 1.29 is 19.1 Å². The first-order valence-electron chi connectivity index (χ1n) is 8.60. The zero-order chi connectivity index (χ0) is 19.4. The number of nitrogens with one attached hydrogen (secondary N) is 1. The van der Waals surface area contributed by atoms with E-state index in [2.05, 4.69) is 5.32 Å². The second-order valence-corrected chi connectivity index (χ2v) is 6.25. The Morgan fingerprint density at radius 2 is 1.93 bits per heavy atom. The van der Waals surface area contributed by atoms with Gasteiger partial charge in [0, 0.05) is 24.8 Å². The number of amides is 1. The van der Waals surface area contributed by atoms with Gasteiger partial charge in [0.05, 0.1) is 23.7 Å². The van der Waals surface area contributed by atoms with E-state index >= 15 is 0 Å². The highest BCUT2D eigenvalue weighted by Gasteiger charge is 2.18. The van der Waals surface area contributed by atoms with Crippen molar-refractivity contribution >= 4 is 16.9 Å². The summed E-state index contributed by atoms with van der Waals surface area (Å²) in [6, 6.07) is 14.2. The molecule has 0 spiro atoms. The third-order valence-corrected chi connectivity index (χ3v) is 4.28. The molecule has 1 heterocycles. The lowest BCUT2D eigenvalue weighted by molar-refractivity contribution is 0.0610. The van der Waals surface area contributed by atoms with E-state index in [9.17, 15) is 14.7 Å². The molecule has 3 aromatic rings. The number of carbonyl (C=O) groups excluding carboxylic acids is 1. The number of ether oxygens (including phenoxy) is 1. The van der Waals surface area contributed by atoms with E-state index in [1.165, 1.54) is 7.11 Å². The number of carbonyl (C=O) groups is 1. The molecule has 6 heteroatoms. The second kappa shape index (κ2) is 8.16. The molecule has 1 atom stereocenters. The van der Waals surface area contributed by atoms with Crippen LogP contribution >= 0.6 is 0 Å². The average molecular weight is 367 g/mol. The number of rotatable bonds is 6. The first kappa shape index (κ1) is 18.8. The first-order valence-corrected chi connectivity index (χ1v) is 8.60. The Morgan fingerprint density at radius 3 is 2.63 bits per heavy atom. The van der Waals surface area contributed by atoms with Crippen molar-refractivity contribution in [2.75, 3.05) is 20.3 Å². The molecule has 1 aromatic heterocycles. The van der Waals surface area contributed by atoms with E-state index in [1.54, 1.807) is 25.1 Å². The molecule has 0 saturated carbocycles. The van der Waals surface area contributed by atoms with Gasteiger partial charge in [-0.15, -0.1) is 0 Å². The smallest absolute Gasteiger partial charge is 0.255 e. The fourth-order valence-corrected chi connectivity index (χ4v) is 2.91. The lowest BCUT2D eigenvalue weighted by Gasteiger charge is -2.13. The van der Waals surface area contributed by atoms with E-state index in [1.807, 2.05) is 30.3 Å². The SMILES string of the molecule is COC[C@H](O)CNC(=O)c1cccc2c(=O)c(C)c(-c3ccccc3)oc12. The van der Waals surface area contributed by atoms with E-state index in [4.69, 9.17) is 9.15 Å². The van der Waals surface area contributed by atoms with Crippen molar-refractivity contribution in [3.05, 3.63) is 69.9 Å². The molecule has 3 rings (SSSR count). The minimum atomic E-state index is -0.817. The van der Waals surface area contributed by atoms with Crippen molar-refractivity contribution in [1.29, 1.82) is 0 Å². The largest absolute Gasteiger partial charge is 0.455 e. The van der Waals surface area contributed by atoms with Gasteiger partial charge >= 0.3 is 0 Å². The summed E-state index contributed by atoms with van der Waals surface area (Å²) in [5.41, 5.74) is 1.54. The number of para-hydroxylation sites is 1. The van der Waals surface area contributed by atoms with Crippen LogP contribution in [0.3, 0.4) is 0 Å². The fraction of sp³-hybridized carbons (Fsp3) is 0.238. The molecule has 0 aliphatic heterocycles. The fourth-order valence-electron chi connectivity index (χ4n) is 2.91. The summed E-state index contributed by atoms with van der Waals surface area (Å²) in [6.07, 6.45) is -0.817. The third kappa shape index (κ3) is 3.92. The van der Waals surface area contributed by atoms with Gasteiger partial charge in [-0.25, -0.2) is 0 Å². The molecule has 0 radical (unpaired) electrons. The molecule has 2 N–H and O–H groups in total. The highest BCUT2D eigenvalue weighted by molar-refractivity contribution is 6.05. The van der Waals surface area contributed by atoms with Gasteiger partial charge in [0.15, 0.2) is 11.0 Å². The summed E-state index contributed by atoms with van der Waals surface area (Å²) in [4.78, 5) is 25.4. The van der Waals surface area contributed by atoms with E-state index in [0.29, 0.717) is 16.7 Å². The average Bonchev–Trinajstić information content (AvgIpc) is 2.69. The normalized spacial score (nSPS) is 12.1. The number of aliphatic hydroxyl groups is 1. The topological polar surface area (TPSA) is 88.8 Å². The van der Waals surface area contributed by atoms with Gasteiger partial charge in [-0.05, 0) is 19.1 Å². The van der Waals surface area contributed by atoms with Gasteiger partial charge in [-0.3, -0.25) is 9.59 Å². The quantitative estimate of drug-likeness (QED) is 0.699. The maximum Gasteiger partial charge on any atom is 0.255 e. The van der Waals surface area contributed by atoms with Crippen molar-refractivity contribution in [2.24, 2.45) is 0 Å². The summed E-state index contributed by atoms with van der Waals surface area (Å²) in [5.74, 6) is 0.00883. The Balaban J connectivity index is 2.06. The lowest BCUT2D eigenvalue weighted by atomic mass is 10.0. The number of aliphatic hydroxyl groups excluding tert-OH is 1. The second-order valence-electron chi connectivity index (χ2n) is 6.25. The van der Waals surface area contributed by atoms with Gasteiger partial charge < -0.3 is 19.6 Å². The third-order valence-electron chi connectivity index (χ3n) is 4.28. The van der Waals surface area contributed by atoms with Crippen LogP contribution < -0.4 is 10.7 Å². The van der Waals surface area contributed by atoms with Crippen LogP contribution in [0.1, 0.15) is 15.9 Å². The zero-order valence-corrected chi connectivity index (χ0v) is 15.2. The minimum Gasteiger partial charge on any atom is -0.455 e. The Hall–Kier alpha value is -2.96. The number of hydrogen-bond acceptors (Lipinski definition) is 5. The summed E-state index contributed by atoms with van der Waals surface area (Å²) >= 11 is 0. The van der Waals surface area contributed by atoms with Crippen LogP contribution in [0.2, 0.25) is 0 Å². The van der Waals surface area contributed by atoms with Crippen LogP contribution in [0.15, 0.2) is 57.7 Å². The molecule has 0 saturated heterocycles. The van der Waals surface area contributed by atoms with Gasteiger partial charge in [0.2, 0.25) is 0 Å². The minimum absolute atomic E-state index is 0.0324. The van der Waals surface area contributed by atoms with Gasteiger partial charge in [0.25, 0.3) is 5.91 Å². The lowest BCUT2D eigenvalue weighted by Crippen LogP contribution is -2.34. The van der Waals surface area contributed by atoms with Crippen LogP contribution in [0.25, 0.3) is 22.3 Å². The predicted octanol–water partition coefficient (Wildman–Crippen LogP) is 2.51. The molecule has 0 unspecified atom stereocenters. The summed E-state index contributed by atoms with van der Waals surface area (Å²) in [7, 11) is 1.47. The Kier molecular flexibility index (Phi) is 5.69. The Bertz CT molecular complexity index is 1010. The number of methoxy groups -OCH3 is 1. The van der Waals surface area contributed by atoms with Crippen LogP contribution in [0.4, 0.5) is 0 Å². The zero-order valence-electron chi connectivity index (χ0n) is 15.2. The molecule has 140 valence electrons. The number of fused-ring (bicyclic) bond motifs is 1. The van der Waals surface area contributed by atoms with E-state index < -0.39 is 12.0 Å². The molecule has 0 bridgehead atoms. The maximum absolute atomic E-state index is 12.8. The van der Waals surface area contributed by atoms with Crippen LogP contribution in [0, 0.1) is 6.92 Å². The molecule has 0 fully saturated rings. The van der Waals surface area contributed by atoms with Gasteiger partial charge in [-0.2, -0.15) is 0 Å². The van der Waals surface area contributed by atoms with Crippen molar-refractivity contribution in [3.63, 3.8) is 0 Å². The maximum atomic E-state index is 12.8. The predicted molar refractivity (Wildman–Crippen MR) is 103 cm³/mol. The van der Waals surface area contributed by atoms with Crippen molar-refractivity contribution in [3.8, 4) is 11.3 Å². The molecule has 6 nitrogen and oxygen atoms in total. The van der Waals surface area contributed by atoms with E-state index in [0.717, 1.165) is 5.56 Å². The molecule has 2 aromatic carbocycles. The molecule has 0 aliphatic carbocycles. The number of hydrogen-bond donors (Lipinski definition) is 2. The molecule has 1 amide bonds. The molecular weight excluding hydrogens is 346 g/mol. The summed E-state index contributed by atoms with van der Waals surface area (Å²) in [5, 5.41) is 12.7. The van der Waals surface area contributed by atoms with Crippen LogP contribution in [-0.2, 0) is 4.74 Å². The van der Waals surface area contributed by atoms with E-state index in [-0.39, 0.29) is 29.7 Å². The standard InChI is InChI=1S/C21H21NO5/c1-13-18(24)16-9-6-10-17(21(25)22-11-15(23)12-26-2)20(16)27-19(13)14-7-4-3-5-8-14/h3-10,15,23H,11-12H2,1-2H3,(H,22,25)/t15-/m1/s1. The molecular formula is C21H21NO5. The highest BCUT2D eigenvalue weighted by Crippen LogP contribution is 2.27. The Morgan fingerprint density at radius 1 is 1.19 bits per heavy atom. The Labute approximate surface area is 156 Å². The van der Waals surface area contributed by atoms with Gasteiger partial charge in [-0.1, -0.05) is 36.4 Å². The van der Waals surface area contributed by atoms with Gasteiger partial charge in [0.1, 0.15) is 5.76 Å². The van der Waals surface area contributed by atoms with Crippen LogP contribution in [-0.4, -0.2) is 37.4 Å². The first-order chi connectivity index (χ1) is 13.0. The summed E-state index contributed by atoms with van der Waals surface area (Å²) in [6.45, 7) is 1.86. The molecule has 27 heavy (non-hydrogen) atoms. The highest BCUT2D eigenvalue weighted by atomic mass is 16.5. The van der Waals surface area contributed by atoms with Crippen molar-refractivity contribution in [2.45, 2.75) is 13.0 Å². The summed E-state index contributed by atoms with van der Waals surface area (Å²) < 4.78 is 10.9. The van der Waals surface area contributed by atoms with Crippen molar-refractivity contribution in [1.82, 2.24) is 5.32 Å².